The molecule has 0 bridgehead atoms. The lowest BCUT2D eigenvalue weighted by Crippen LogP contribution is -2.13. The lowest BCUT2D eigenvalue weighted by atomic mass is 10.2. The van der Waals surface area contributed by atoms with E-state index in [-0.39, 0.29) is 22.8 Å². The number of hydrogen-bond acceptors (Lipinski definition) is 4. The summed E-state index contributed by atoms with van der Waals surface area (Å²) in [7, 11) is 0. The van der Waals surface area contributed by atoms with Crippen molar-refractivity contribution < 1.29 is 9.72 Å². The van der Waals surface area contributed by atoms with Gasteiger partial charge in [0.2, 0.25) is 5.91 Å². The number of halogens is 1. The van der Waals surface area contributed by atoms with Gasteiger partial charge in [-0.25, -0.2) is 0 Å². The zero-order valence-corrected chi connectivity index (χ0v) is 8.69. The molecule has 0 spiro atoms. The van der Waals surface area contributed by atoms with E-state index in [9.17, 15) is 14.9 Å². The van der Waals surface area contributed by atoms with E-state index in [1.165, 1.54) is 12.1 Å². The number of nitrogens with zero attached hydrogens (tertiary/aromatic N) is 2. The van der Waals surface area contributed by atoms with Crippen molar-refractivity contribution in [2.45, 2.75) is 0 Å². The minimum Gasteiger partial charge on any atom is -0.319 e. The molecule has 0 fully saturated rings. The molecule has 1 N–H and O–H groups in total. The SMILES string of the molecule is N#Cc1ccc(NC(=O)CCl)c([N+](=O)[O-])c1. The summed E-state index contributed by atoms with van der Waals surface area (Å²) in [6.45, 7) is 0. The molecule has 0 aliphatic heterocycles. The van der Waals surface area contributed by atoms with Crippen LogP contribution in [0.5, 0.6) is 0 Å². The van der Waals surface area contributed by atoms with Crippen LogP contribution in [-0.2, 0) is 4.79 Å². The van der Waals surface area contributed by atoms with Gasteiger partial charge in [0, 0.05) is 6.07 Å². The van der Waals surface area contributed by atoms with Crippen LogP contribution in [0, 0.1) is 21.4 Å². The summed E-state index contributed by atoms with van der Waals surface area (Å²) in [5.74, 6) is -0.841. The van der Waals surface area contributed by atoms with Crippen LogP contribution in [0.25, 0.3) is 0 Å². The molecule has 1 aromatic rings. The third-order valence-corrected chi connectivity index (χ3v) is 1.96. The Labute approximate surface area is 95.6 Å². The predicted octanol–water partition coefficient (Wildman–Crippen LogP) is 1.64. The first-order valence-corrected chi connectivity index (χ1v) is 4.66. The molecular weight excluding hydrogens is 234 g/mol. The molecule has 0 atom stereocenters. The first-order valence-electron chi connectivity index (χ1n) is 4.13. The van der Waals surface area contributed by atoms with Crippen molar-refractivity contribution in [3.05, 3.63) is 33.9 Å². The van der Waals surface area contributed by atoms with Gasteiger partial charge >= 0.3 is 0 Å². The maximum atomic E-state index is 11.0. The van der Waals surface area contributed by atoms with E-state index in [0.29, 0.717) is 0 Å². The zero-order chi connectivity index (χ0) is 12.1. The highest BCUT2D eigenvalue weighted by Crippen LogP contribution is 2.25. The van der Waals surface area contributed by atoms with Crippen molar-refractivity contribution in [3.8, 4) is 6.07 Å². The van der Waals surface area contributed by atoms with Gasteiger partial charge in [0.25, 0.3) is 5.69 Å². The van der Waals surface area contributed by atoms with Gasteiger partial charge in [-0.1, -0.05) is 0 Å². The van der Waals surface area contributed by atoms with Crippen molar-refractivity contribution in [2.75, 3.05) is 11.2 Å². The van der Waals surface area contributed by atoms with Crippen LogP contribution in [0.2, 0.25) is 0 Å². The van der Waals surface area contributed by atoms with Gasteiger partial charge in [-0.15, -0.1) is 11.6 Å². The summed E-state index contributed by atoms with van der Waals surface area (Å²) in [6, 6.07) is 5.53. The lowest BCUT2D eigenvalue weighted by molar-refractivity contribution is -0.383. The molecule has 0 aromatic heterocycles. The van der Waals surface area contributed by atoms with Gasteiger partial charge < -0.3 is 5.32 Å². The predicted molar refractivity (Wildman–Crippen MR) is 57.2 cm³/mol. The van der Waals surface area contributed by atoms with Crippen LogP contribution in [-0.4, -0.2) is 16.7 Å². The Kier molecular flexibility index (Phi) is 3.80. The number of alkyl halides is 1. The Morgan fingerprint density at radius 1 is 1.62 bits per heavy atom. The van der Waals surface area contributed by atoms with E-state index in [4.69, 9.17) is 16.9 Å². The number of nitro benzene ring substituents is 1. The number of nitro groups is 1. The van der Waals surface area contributed by atoms with Gasteiger partial charge in [-0.3, -0.25) is 14.9 Å². The summed E-state index contributed by atoms with van der Waals surface area (Å²) in [5.41, 5.74) is -0.164. The Morgan fingerprint density at radius 2 is 2.31 bits per heavy atom. The van der Waals surface area contributed by atoms with Crippen LogP contribution in [0.3, 0.4) is 0 Å². The highest BCUT2D eigenvalue weighted by atomic mass is 35.5. The van der Waals surface area contributed by atoms with Crippen molar-refractivity contribution in [2.24, 2.45) is 0 Å². The van der Waals surface area contributed by atoms with Crippen LogP contribution >= 0.6 is 11.6 Å². The molecule has 16 heavy (non-hydrogen) atoms. The molecule has 82 valence electrons. The maximum Gasteiger partial charge on any atom is 0.294 e. The molecule has 1 rings (SSSR count). The van der Waals surface area contributed by atoms with E-state index in [2.05, 4.69) is 5.32 Å². The fraction of sp³-hybridized carbons (Fsp3) is 0.111. The van der Waals surface area contributed by atoms with Crippen LogP contribution < -0.4 is 5.32 Å². The first kappa shape index (κ1) is 11.9. The molecule has 0 aliphatic rings. The molecule has 0 heterocycles. The van der Waals surface area contributed by atoms with E-state index in [1.54, 1.807) is 6.07 Å². The molecule has 7 heteroatoms. The van der Waals surface area contributed by atoms with Crippen LogP contribution in [0.15, 0.2) is 18.2 Å². The molecule has 1 amide bonds. The molecule has 0 unspecified atom stereocenters. The third kappa shape index (κ3) is 2.68. The fourth-order valence-corrected chi connectivity index (χ4v) is 1.11. The number of carbonyl (C=O) groups excluding carboxylic acids is 1. The van der Waals surface area contributed by atoms with Crippen LogP contribution in [0.1, 0.15) is 5.56 Å². The van der Waals surface area contributed by atoms with Crippen LogP contribution in [0.4, 0.5) is 11.4 Å². The van der Waals surface area contributed by atoms with Crippen molar-refractivity contribution >= 4 is 28.9 Å². The highest BCUT2D eigenvalue weighted by molar-refractivity contribution is 6.29. The molecule has 0 radical (unpaired) electrons. The Bertz CT molecular complexity index is 481. The molecule has 6 nitrogen and oxygen atoms in total. The van der Waals surface area contributed by atoms with E-state index in [0.717, 1.165) is 6.07 Å². The minimum absolute atomic E-state index is 0.0228. The second kappa shape index (κ2) is 5.09. The van der Waals surface area contributed by atoms with Crippen molar-refractivity contribution in [1.29, 1.82) is 5.26 Å². The molecule has 0 saturated heterocycles. The number of benzene rings is 1. The lowest BCUT2D eigenvalue weighted by Gasteiger charge is -2.03. The van der Waals surface area contributed by atoms with E-state index < -0.39 is 10.8 Å². The first-order chi connectivity index (χ1) is 7.58. The van der Waals surface area contributed by atoms with Gasteiger partial charge in [0.1, 0.15) is 11.6 Å². The minimum atomic E-state index is -0.676. The van der Waals surface area contributed by atoms with E-state index >= 15 is 0 Å². The second-order valence-electron chi connectivity index (χ2n) is 2.78. The number of anilines is 1. The standard InChI is InChI=1S/C9H6ClN3O3/c10-4-9(14)12-7-2-1-6(5-11)3-8(7)13(15)16/h1-3H,4H2,(H,12,14). The largest absolute Gasteiger partial charge is 0.319 e. The van der Waals surface area contributed by atoms with Gasteiger partial charge in [-0.2, -0.15) is 5.26 Å². The summed E-state index contributed by atoms with van der Waals surface area (Å²) in [4.78, 5) is 21.0. The summed E-state index contributed by atoms with van der Waals surface area (Å²) >= 11 is 5.26. The van der Waals surface area contributed by atoms with Crippen molar-refractivity contribution in [1.82, 2.24) is 0 Å². The summed E-state index contributed by atoms with van der Waals surface area (Å²) in [6.07, 6.45) is 0. The molecule has 0 saturated carbocycles. The monoisotopic (exact) mass is 239 g/mol. The quantitative estimate of drug-likeness (QED) is 0.493. The Morgan fingerprint density at radius 3 is 2.81 bits per heavy atom. The third-order valence-electron chi connectivity index (χ3n) is 1.72. The number of nitrogens with one attached hydrogen (secondary N) is 1. The molecular formula is C9H6ClN3O3. The normalized spacial score (nSPS) is 9.25. The number of amides is 1. The van der Waals surface area contributed by atoms with Crippen molar-refractivity contribution in [3.63, 3.8) is 0 Å². The molecule has 1 aromatic carbocycles. The number of rotatable bonds is 3. The Hall–Kier alpha value is -2.13. The number of hydrogen-bond donors (Lipinski definition) is 1. The summed E-state index contributed by atoms with van der Waals surface area (Å²) < 4.78 is 0. The van der Waals surface area contributed by atoms with Gasteiger partial charge in [0.05, 0.1) is 16.6 Å². The second-order valence-corrected chi connectivity index (χ2v) is 3.05. The molecule has 0 aliphatic carbocycles. The average Bonchev–Trinajstić information content (AvgIpc) is 2.29. The zero-order valence-electron chi connectivity index (χ0n) is 7.94. The van der Waals surface area contributed by atoms with Gasteiger partial charge in [0.15, 0.2) is 0 Å². The number of carbonyl (C=O) groups is 1. The van der Waals surface area contributed by atoms with Gasteiger partial charge in [-0.05, 0) is 12.1 Å². The topological polar surface area (TPSA) is 96.0 Å². The highest BCUT2D eigenvalue weighted by Gasteiger charge is 2.16. The fourth-order valence-electron chi connectivity index (χ4n) is 1.04. The maximum absolute atomic E-state index is 11.0. The smallest absolute Gasteiger partial charge is 0.294 e. The summed E-state index contributed by atoms with van der Waals surface area (Å²) in [5, 5.41) is 21.5. The Balaban J connectivity index is 3.14. The number of nitriles is 1. The average molecular weight is 240 g/mol. The van der Waals surface area contributed by atoms with E-state index in [1.807, 2.05) is 0 Å².